The van der Waals surface area contributed by atoms with Gasteiger partial charge < -0.3 is 5.32 Å². The zero-order chi connectivity index (χ0) is 14.9. The molecule has 0 amide bonds. The van der Waals surface area contributed by atoms with E-state index in [1.165, 1.54) is 11.3 Å². The van der Waals surface area contributed by atoms with E-state index in [0.29, 0.717) is 11.4 Å². The van der Waals surface area contributed by atoms with Crippen molar-refractivity contribution < 1.29 is 4.79 Å². The maximum absolute atomic E-state index is 11.3. The normalized spacial score (nSPS) is 10.9. The number of anilines is 2. The predicted octanol–water partition coefficient (Wildman–Crippen LogP) is 4.40. The molecule has 0 atom stereocenters. The van der Waals surface area contributed by atoms with Crippen LogP contribution in [0.4, 0.5) is 10.9 Å². The van der Waals surface area contributed by atoms with Crippen LogP contribution in [0.3, 0.4) is 0 Å². The smallest absolute Gasteiger partial charge is 0.189 e. The lowest BCUT2D eigenvalue weighted by Crippen LogP contribution is -1.98. The van der Waals surface area contributed by atoms with E-state index in [-0.39, 0.29) is 0 Å². The molecule has 4 nitrogen and oxygen atoms in total. The molecule has 0 aliphatic rings. The Morgan fingerprint density at radius 3 is 2.55 bits per heavy atom. The highest BCUT2D eigenvalue weighted by Crippen LogP contribution is 2.29. The molecule has 5 heteroatoms. The SMILES string of the molecule is O=Cc1cc2ccccc2nc1Nc1nc2ccccc2s1. The number of carbonyl (C=O) groups excluding carboxylic acids is 1. The second kappa shape index (κ2) is 5.20. The summed E-state index contributed by atoms with van der Waals surface area (Å²) in [6.07, 6.45) is 0.815. The van der Waals surface area contributed by atoms with Crippen LogP contribution in [0.5, 0.6) is 0 Å². The first-order chi connectivity index (χ1) is 10.8. The zero-order valence-corrected chi connectivity index (χ0v) is 12.3. The number of para-hydroxylation sites is 2. The van der Waals surface area contributed by atoms with Gasteiger partial charge >= 0.3 is 0 Å². The molecule has 22 heavy (non-hydrogen) atoms. The van der Waals surface area contributed by atoms with Crippen LogP contribution in [0, 0.1) is 0 Å². The summed E-state index contributed by atoms with van der Waals surface area (Å²) < 4.78 is 1.10. The van der Waals surface area contributed by atoms with Crippen LogP contribution < -0.4 is 5.32 Å². The van der Waals surface area contributed by atoms with Gasteiger partial charge in [0.1, 0.15) is 5.82 Å². The van der Waals surface area contributed by atoms with Crippen molar-refractivity contribution in [2.45, 2.75) is 0 Å². The van der Waals surface area contributed by atoms with E-state index in [4.69, 9.17) is 0 Å². The molecule has 4 rings (SSSR count). The summed E-state index contributed by atoms with van der Waals surface area (Å²) in [7, 11) is 0. The molecule has 4 aromatic rings. The number of rotatable bonds is 3. The fourth-order valence-electron chi connectivity index (χ4n) is 2.35. The third-order valence-corrected chi connectivity index (χ3v) is 4.35. The van der Waals surface area contributed by atoms with Gasteiger partial charge in [-0.05, 0) is 24.3 Å². The fourth-order valence-corrected chi connectivity index (χ4v) is 3.21. The Labute approximate surface area is 130 Å². The van der Waals surface area contributed by atoms with Gasteiger partial charge in [-0.2, -0.15) is 0 Å². The van der Waals surface area contributed by atoms with Gasteiger partial charge in [-0.25, -0.2) is 9.97 Å². The Hall–Kier alpha value is -2.79. The maximum atomic E-state index is 11.3. The van der Waals surface area contributed by atoms with E-state index in [0.717, 1.165) is 32.5 Å². The van der Waals surface area contributed by atoms with Gasteiger partial charge in [0.25, 0.3) is 0 Å². The number of thiazole rings is 1. The number of carbonyl (C=O) groups is 1. The molecule has 0 saturated heterocycles. The van der Waals surface area contributed by atoms with Gasteiger partial charge in [0.2, 0.25) is 0 Å². The minimum Gasteiger partial charge on any atom is -0.316 e. The van der Waals surface area contributed by atoms with Crippen LogP contribution in [0.1, 0.15) is 10.4 Å². The van der Waals surface area contributed by atoms with E-state index < -0.39 is 0 Å². The van der Waals surface area contributed by atoms with Crippen LogP contribution in [0.2, 0.25) is 0 Å². The van der Waals surface area contributed by atoms with E-state index in [1.54, 1.807) is 0 Å². The highest BCUT2D eigenvalue weighted by molar-refractivity contribution is 7.22. The molecule has 2 heterocycles. The third kappa shape index (κ3) is 2.21. The van der Waals surface area contributed by atoms with Crippen LogP contribution in [-0.4, -0.2) is 16.3 Å². The van der Waals surface area contributed by atoms with Crippen molar-refractivity contribution in [1.82, 2.24) is 9.97 Å². The van der Waals surface area contributed by atoms with Crippen LogP contribution >= 0.6 is 11.3 Å². The Kier molecular flexibility index (Phi) is 3.05. The molecule has 0 bridgehead atoms. The number of hydrogen-bond donors (Lipinski definition) is 1. The number of fused-ring (bicyclic) bond motifs is 2. The second-order valence-electron chi connectivity index (χ2n) is 4.85. The first-order valence-corrected chi connectivity index (χ1v) is 7.63. The van der Waals surface area contributed by atoms with Crippen molar-refractivity contribution in [3.8, 4) is 0 Å². The van der Waals surface area contributed by atoms with Crippen molar-refractivity contribution in [3.05, 3.63) is 60.2 Å². The molecule has 2 aromatic carbocycles. The summed E-state index contributed by atoms with van der Waals surface area (Å²) in [5.74, 6) is 0.535. The number of aromatic nitrogens is 2. The van der Waals surface area contributed by atoms with Crippen LogP contribution in [0.25, 0.3) is 21.1 Å². The number of nitrogens with one attached hydrogen (secondary N) is 1. The zero-order valence-electron chi connectivity index (χ0n) is 11.5. The standard InChI is InChI=1S/C17H11N3OS/c21-10-12-9-11-5-1-2-6-13(11)18-16(12)20-17-19-14-7-3-4-8-15(14)22-17/h1-10H,(H,18,19,20). The lowest BCUT2D eigenvalue weighted by atomic mass is 10.1. The van der Waals surface area contributed by atoms with Gasteiger partial charge in [0, 0.05) is 5.39 Å². The molecule has 106 valence electrons. The van der Waals surface area contributed by atoms with Crippen LogP contribution in [-0.2, 0) is 0 Å². The molecule has 0 fully saturated rings. The number of nitrogens with zero attached hydrogens (tertiary/aromatic N) is 2. The first kappa shape index (κ1) is 12.9. The molecule has 0 aliphatic carbocycles. The molecule has 2 aromatic heterocycles. The topological polar surface area (TPSA) is 54.9 Å². The number of benzene rings is 2. The van der Waals surface area contributed by atoms with Crippen molar-refractivity contribution in [3.63, 3.8) is 0 Å². The molecule has 0 unspecified atom stereocenters. The number of aldehydes is 1. The third-order valence-electron chi connectivity index (χ3n) is 3.40. The highest BCUT2D eigenvalue weighted by Gasteiger charge is 2.09. The van der Waals surface area contributed by atoms with E-state index in [1.807, 2.05) is 54.6 Å². The fraction of sp³-hybridized carbons (Fsp3) is 0. The van der Waals surface area contributed by atoms with Gasteiger partial charge in [0.15, 0.2) is 11.4 Å². The largest absolute Gasteiger partial charge is 0.316 e. The van der Waals surface area contributed by atoms with Crippen LogP contribution in [0.15, 0.2) is 54.6 Å². The summed E-state index contributed by atoms with van der Waals surface area (Å²) in [6.45, 7) is 0. The van der Waals surface area contributed by atoms with Gasteiger partial charge in [-0.1, -0.05) is 41.7 Å². The van der Waals surface area contributed by atoms with Gasteiger partial charge in [-0.3, -0.25) is 4.79 Å². The number of hydrogen-bond acceptors (Lipinski definition) is 5. The average molecular weight is 305 g/mol. The summed E-state index contributed by atoms with van der Waals surface area (Å²) in [6, 6.07) is 17.5. The summed E-state index contributed by atoms with van der Waals surface area (Å²) in [5, 5.41) is 4.84. The van der Waals surface area contributed by atoms with Crippen molar-refractivity contribution >= 4 is 49.7 Å². The minimum atomic E-state index is 0.526. The Morgan fingerprint density at radius 2 is 1.73 bits per heavy atom. The summed E-state index contributed by atoms with van der Waals surface area (Å²) >= 11 is 1.54. The molecule has 0 radical (unpaired) electrons. The monoisotopic (exact) mass is 305 g/mol. The lowest BCUT2D eigenvalue weighted by Gasteiger charge is -2.06. The van der Waals surface area contributed by atoms with E-state index >= 15 is 0 Å². The Bertz CT molecular complexity index is 960. The second-order valence-corrected chi connectivity index (χ2v) is 5.88. The van der Waals surface area contributed by atoms with Gasteiger partial charge in [-0.15, -0.1) is 0 Å². The molecule has 0 saturated carbocycles. The van der Waals surface area contributed by atoms with Crippen molar-refractivity contribution in [2.75, 3.05) is 5.32 Å². The molecular formula is C17H11N3OS. The lowest BCUT2D eigenvalue weighted by molar-refractivity contribution is 0.112. The Morgan fingerprint density at radius 1 is 0.955 bits per heavy atom. The molecular weight excluding hydrogens is 294 g/mol. The summed E-state index contributed by atoms with van der Waals surface area (Å²) in [4.78, 5) is 20.4. The first-order valence-electron chi connectivity index (χ1n) is 6.81. The number of pyridine rings is 1. The molecule has 1 N–H and O–H groups in total. The molecule has 0 aliphatic heterocycles. The van der Waals surface area contributed by atoms with E-state index in [9.17, 15) is 4.79 Å². The highest BCUT2D eigenvalue weighted by atomic mass is 32.1. The quantitative estimate of drug-likeness (QED) is 0.570. The van der Waals surface area contributed by atoms with Crippen molar-refractivity contribution in [1.29, 1.82) is 0 Å². The predicted molar refractivity (Wildman–Crippen MR) is 90.0 cm³/mol. The minimum absolute atomic E-state index is 0.526. The molecule has 0 spiro atoms. The average Bonchev–Trinajstić information content (AvgIpc) is 2.96. The van der Waals surface area contributed by atoms with E-state index in [2.05, 4.69) is 15.3 Å². The summed E-state index contributed by atoms with van der Waals surface area (Å²) in [5.41, 5.74) is 2.30. The van der Waals surface area contributed by atoms with Gasteiger partial charge in [0.05, 0.1) is 21.3 Å². The Balaban J connectivity index is 1.80. The van der Waals surface area contributed by atoms with Crippen molar-refractivity contribution in [2.24, 2.45) is 0 Å². The maximum Gasteiger partial charge on any atom is 0.189 e.